The van der Waals surface area contributed by atoms with E-state index in [1.165, 1.54) is 0 Å². The van der Waals surface area contributed by atoms with Crippen molar-refractivity contribution in [3.63, 3.8) is 0 Å². The summed E-state index contributed by atoms with van der Waals surface area (Å²) in [6, 6.07) is 4.00. The highest BCUT2D eigenvalue weighted by Crippen LogP contribution is 2.35. The molecule has 2 heterocycles. The zero-order valence-electron chi connectivity index (χ0n) is 13.0. The Morgan fingerprint density at radius 3 is 2.52 bits per heavy atom. The molecule has 1 aliphatic heterocycles. The number of hydrogen-bond donors (Lipinski definition) is 1. The Balaban J connectivity index is 2.14. The van der Waals surface area contributed by atoms with Gasteiger partial charge >= 0.3 is 0 Å². The summed E-state index contributed by atoms with van der Waals surface area (Å²) in [6.07, 6.45) is 2.00. The second-order valence-electron chi connectivity index (χ2n) is 6.34. The minimum Gasteiger partial charge on any atom is -0.486 e. The average Bonchev–Trinajstić information content (AvgIpc) is 2.72. The lowest BCUT2D eigenvalue weighted by atomic mass is 10.1. The number of fused-ring (bicyclic) bond motifs is 2. The van der Waals surface area contributed by atoms with Crippen LogP contribution in [0.4, 0.5) is 0 Å². The van der Waals surface area contributed by atoms with Gasteiger partial charge in [-0.1, -0.05) is 6.92 Å². The smallest absolute Gasteiger partial charge is 0.163 e. The van der Waals surface area contributed by atoms with E-state index in [1.807, 2.05) is 26.0 Å². The number of rotatable bonds is 4. The van der Waals surface area contributed by atoms with Crippen LogP contribution in [0.25, 0.3) is 11.0 Å². The molecule has 0 aliphatic carbocycles. The van der Waals surface area contributed by atoms with Crippen LogP contribution < -0.4 is 15.2 Å². The summed E-state index contributed by atoms with van der Waals surface area (Å²) in [5, 5.41) is 0. The number of aryl methyl sites for hydroxylation is 1. The van der Waals surface area contributed by atoms with E-state index in [-0.39, 0.29) is 5.54 Å². The maximum atomic E-state index is 6.22. The quantitative estimate of drug-likeness (QED) is 0.939. The number of aromatic nitrogens is 2. The highest BCUT2D eigenvalue weighted by atomic mass is 16.6. The van der Waals surface area contributed by atoms with Gasteiger partial charge in [-0.25, -0.2) is 4.98 Å². The summed E-state index contributed by atoms with van der Waals surface area (Å²) in [6.45, 7) is 8.15. The summed E-state index contributed by atoms with van der Waals surface area (Å²) in [5.41, 5.74) is 7.95. The van der Waals surface area contributed by atoms with Gasteiger partial charge in [0.05, 0.1) is 11.0 Å². The van der Waals surface area contributed by atoms with Crippen LogP contribution in [-0.2, 0) is 13.0 Å². The van der Waals surface area contributed by atoms with Crippen LogP contribution in [0.5, 0.6) is 11.5 Å². The zero-order valence-corrected chi connectivity index (χ0v) is 13.0. The Hall–Kier alpha value is -1.75. The van der Waals surface area contributed by atoms with Crippen LogP contribution in [0.2, 0.25) is 0 Å². The van der Waals surface area contributed by atoms with E-state index in [9.17, 15) is 0 Å². The Kier molecular flexibility index (Phi) is 3.53. The topological polar surface area (TPSA) is 62.3 Å². The maximum absolute atomic E-state index is 6.22. The van der Waals surface area contributed by atoms with Gasteiger partial charge < -0.3 is 19.8 Å². The molecule has 0 saturated carbocycles. The van der Waals surface area contributed by atoms with Crippen molar-refractivity contribution in [1.29, 1.82) is 0 Å². The van der Waals surface area contributed by atoms with Crippen molar-refractivity contribution in [3.8, 4) is 11.5 Å². The molecule has 0 spiro atoms. The predicted molar refractivity (Wildman–Crippen MR) is 83.0 cm³/mol. The van der Waals surface area contributed by atoms with Gasteiger partial charge in [0.15, 0.2) is 11.5 Å². The van der Waals surface area contributed by atoms with Gasteiger partial charge in [0.1, 0.15) is 19.0 Å². The van der Waals surface area contributed by atoms with Crippen molar-refractivity contribution in [2.45, 2.75) is 45.7 Å². The first-order valence-electron chi connectivity index (χ1n) is 7.55. The summed E-state index contributed by atoms with van der Waals surface area (Å²) < 4.78 is 13.6. The van der Waals surface area contributed by atoms with E-state index < -0.39 is 0 Å². The molecule has 2 N–H and O–H groups in total. The van der Waals surface area contributed by atoms with Crippen LogP contribution in [0.1, 0.15) is 33.0 Å². The van der Waals surface area contributed by atoms with Gasteiger partial charge in [-0.15, -0.1) is 0 Å². The van der Waals surface area contributed by atoms with E-state index in [4.69, 9.17) is 20.2 Å². The lowest BCUT2D eigenvalue weighted by Gasteiger charge is -2.22. The highest BCUT2D eigenvalue weighted by molar-refractivity contribution is 5.81. The molecule has 0 saturated heterocycles. The van der Waals surface area contributed by atoms with Gasteiger partial charge in [0.25, 0.3) is 0 Å². The number of ether oxygens (including phenoxy) is 2. The minimum absolute atomic E-state index is 0.288. The van der Waals surface area contributed by atoms with Gasteiger partial charge in [-0.2, -0.15) is 0 Å². The Morgan fingerprint density at radius 2 is 1.90 bits per heavy atom. The third-order valence-corrected chi connectivity index (χ3v) is 3.53. The second-order valence-corrected chi connectivity index (χ2v) is 6.34. The molecule has 21 heavy (non-hydrogen) atoms. The zero-order chi connectivity index (χ0) is 15.0. The van der Waals surface area contributed by atoms with Crippen molar-refractivity contribution in [1.82, 2.24) is 9.55 Å². The number of imidazole rings is 1. The van der Waals surface area contributed by atoms with E-state index >= 15 is 0 Å². The van der Waals surface area contributed by atoms with E-state index in [2.05, 4.69) is 11.5 Å². The monoisotopic (exact) mass is 289 g/mol. The molecule has 0 bridgehead atoms. The third-order valence-electron chi connectivity index (χ3n) is 3.53. The third kappa shape index (κ3) is 2.83. The fraction of sp³-hybridized carbons (Fsp3) is 0.562. The fourth-order valence-electron chi connectivity index (χ4n) is 2.71. The molecule has 5 heteroatoms. The number of hydrogen-bond acceptors (Lipinski definition) is 4. The lowest BCUT2D eigenvalue weighted by Crippen LogP contribution is -2.37. The molecule has 2 aromatic rings. The van der Waals surface area contributed by atoms with Crippen molar-refractivity contribution >= 4 is 11.0 Å². The minimum atomic E-state index is -0.288. The second kappa shape index (κ2) is 5.22. The van der Waals surface area contributed by atoms with Crippen LogP contribution >= 0.6 is 0 Å². The van der Waals surface area contributed by atoms with E-state index in [0.717, 1.165) is 47.7 Å². The largest absolute Gasteiger partial charge is 0.486 e. The maximum Gasteiger partial charge on any atom is 0.163 e. The number of nitrogens with zero attached hydrogens (tertiary/aromatic N) is 2. The normalized spacial score (nSPS) is 14.7. The lowest BCUT2D eigenvalue weighted by molar-refractivity contribution is 0.172. The molecule has 1 aromatic carbocycles. The van der Waals surface area contributed by atoms with Gasteiger partial charge in [0, 0.05) is 30.6 Å². The van der Waals surface area contributed by atoms with Crippen LogP contribution in [0, 0.1) is 0 Å². The first kappa shape index (κ1) is 14.2. The molecule has 5 nitrogen and oxygen atoms in total. The fourth-order valence-corrected chi connectivity index (χ4v) is 2.71. The molecule has 0 radical (unpaired) electrons. The average molecular weight is 289 g/mol. The summed E-state index contributed by atoms with van der Waals surface area (Å²) in [4.78, 5) is 4.77. The van der Waals surface area contributed by atoms with Crippen molar-refractivity contribution in [2.24, 2.45) is 5.73 Å². The molecule has 0 unspecified atom stereocenters. The molecule has 114 valence electrons. The van der Waals surface area contributed by atoms with Gasteiger partial charge in [-0.05, 0) is 20.3 Å². The van der Waals surface area contributed by atoms with Crippen LogP contribution in [-0.4, -0.2) is 28.3 Å². The molecule has 1 aromatic heterocycles. The summed E-state index contributed by atoms with van der Waals surface area (Å²) in [7, 11) is 0. The molecule has 0 fully saturated rings. The van der Waals surface area contributed by atoms with Gasteiger partial charge in [-0.3, -0.25) is 0 Å². The molecule has 0 atom stereocenters. The van der Waals surface area contributed by atoms with Crippen LogP contribution in [0.3, 0.4) is 0 Å². The molecular formula is C16H23N3O2. The predicted octanol–water partition coefficient (Wildman–Crippen LogP) is 2.50. The molecule has 3 rings (SSSR count). The Labute approximate surface area is 125 Å². The standard InChI is InChI=1S/C16H23N3O2/c1-4-5-15-18-11-8-13-14(21-7-6-20-13)9-12(11)19(15)10-16(2,3)17/h8-9H,4-7,10,17H2,1-3H3. The highest BCUT2D eigenvalue weighted by Gasteiger charge is 2.21. The van der Waals surface area contributed by atoms with E-state index in [0.29, 0.717) is 13.2 Å². The Morgan fingerprint density at radius 1 is 1.24 bits per heavy atom. The summed E-state index contributed by atoms with van der Waals surface area (Å²) >= 11 is 0. The number of nitrogens with two attached hydrogens (primary N) is 1. The van der Waals surface area contributed by atoms with E-state index in [1.54, 1.807) is 0 Å². The number of benzene rings is 1. The summed E-state index contributed by atoms with van der Waals surface area (Å²) in [5.74, 6) is 2.66. The SMILES string of the molecule is CCCc1nc2cc3c(cc2n1CC(C)(C)N)OCCO3. The van der Waals surface area contributed by atoms with Crippen LogP contribution in [0.15, 0.2) is 12.1 Å². The van der Waals surface area contributed by atoms with Gasteiger partial charge in [0.2, 0.25) is 0 Å². The Bertz CT molecular complexity index is 656. The molecule has 0 amide bonds. The molecular weight excluding hydrogens is 266 g/mol. The molecule has 1 aliphatic rings. The first-order chi connectivity index (χ1) is 9.98. The van der Waals surface area contributed by atoms with Crippen molar-refractivity contribution in [2.75, 3.05) is 13.2 Å². The first-order valence-corrected chi connectivity index (χ1v) is 7.55. The van der Waals surface area contributed by atoms with Crippen molar-refractivity contribution < 1.29 is 9.47 Å². The van der Waals surface area contributed by atoms with Crippen molar-refractivity contribution in [3.05, 3.63) is 18.0 Å².